The van der Waals surface area contributed by atoms with Gasteiger partial charge in [0.1, 0.15) is 11.5 Å². The summed E-state index contributed by atoms with van der Waals surface area (Å²) >= 11 is 0. The number of benzene rings is 2. The van der Waals surface area contributed by atoms with E-state index in [1.807, 2.05) is 6.07 Å². The summed E-state index contributed by atoms with van der Waals surface area (Å²) in [5.41, 5.74) is 3.68. The van der Waals surface area contributed by atoms with Gasteiger partial charge in [-0.3, -0.25) is 4.90 Å². The first-order valence-electron chi connectivity index (χ1n) is 10.3. The van der Waals surface area contributed by atoms with Crippen LogP contribution in [-0.4, -0.2) is 35.7 Å². The van der Waals surface area contributed by atoms with E-state index in [0.717, 1.165) is 29.0 Å². The minimum absolute atomic E-state index is 0.293. The summed E-state index contributed by atoms with van der Waals surface area (Å²) in [6.07, 6.45) is 6.53. The number of hydrogen-bond acceptors (Lipinski definition) is 3. The number of nitrogens with zero attached hydrogens (tertiary/aromatic N) is 1. The van der Waals surface area contributed by atoms with Gasteiger partial charge in [0.15, 0.2) is 0 Å². The van der Waals surface area contributed by atoms with Crippen molar-refractivity contribution in [2.24, 2.45) is 0 Å². The van der Waals surface area contributed by atoms with Crippen LogP contribution in [0, 0.1) is 0 Å². The van der Waals surface area contributed by atoms with Crippen molar-refractivity contribution >= 4 is 0 Å². The fourth-order valence-electron chi connectivity index (χ4n) is 4.74. The second-order valence-corrected chi connectivity index (χ2v) is 8.50. The second kappa shape index (κ2) is 7.20. The summed E-state index contributed by atoms with van der Waals surface area (Å²) in [7, 11) is 1.65. The molecule has 2 aliphatic rings. The Hall–Kier alpha value is -2.00. The molecule has 144 valence electrons. The van der Waals surface area contributed by atoms with E-state index in [1.165, 1.54) is 44.2 Å². The number of phenolic OH excluding ortho intramolecular Hbond substituents is 1. The number of rotatable bonds is 6. The van der Waals surface area contributed by atoms with Crippen molar-refractivity contribution in [1.29, 1.82) is 0 Å². The van der Waals surface area contributed by atoms with E-state index in [4.69, 9.17) is 4.74 Å². The van der Waals surface area contributed by atoms with E-state index >= 15 is 0 Å². The molecule has 2 atom stereocenters. The molecule has 2 aromatic carbocycles. The van der Waals surface area contributed by atoms with Crippen LogP contribution < -0.4 is 4.74 Å². The number of methoxy groups -OCH3 is 1. The third-order valence-corrected chi connectivity index (χ3v) is 6.85. The monoisotopic (exact) mass is 365 g/mol. The molecule has 1 saturated heterocycles. The van der Waals surface area contributed by atoms with Crippen molar-refractivity contribution in [3.8, 4) is 22.6 Å². The Morgan fingerprint density at radius 1 is 1.04 bits per heavy atom. The van der Waals surface area contributed by atoms with E-state index in [-0.39, 0.29) is 0 Å². The van der Waals surface area contributed by atoms with Crippen LogP contribution in [0.2, 0.25) is 0 Å². The molecule has 27 heavy (non-hydrogen) atoms. The topological polar surface area (TPSA) is 32.7 Å². The zero-order chi connectivity index (χ0) is 19.0. The van der Waals surface area contributed by atoms with E-state index in [9.17, 15) is 5.11 Å². The Labute approximate surface area is 163 Å². The van der Waals surface area contributed by atoms with Crippen LogP contribution in [0.5, 0.6) is 11.5 Å². The van der Waals surface area contributed by atoms with Gasteiger partial charge in [-0.2, -0.15) is 0 Å². The molecule has 1 saturated carbocycles. The summed E-state index contributed by atoms with van der Waals surface area (Å²) in [4.78, 5) is 2.70. The van der Waals surface area contributed by atoms with Gasteiger partial charge in [-0.25, -0.2) is 0 Å². The van der Waals surface area contributed by atoms with Gasteiger partial charge in [0.2, 0.25) is 0 Å². The van der Waals surface area contributed by atoms with Crippen molar-refractivity contribution in [2.75, 3.05) is 13.7 Å². The number of phenols is 1. The molecular formula is C24H31NO2. The number of likely N-dealkylation sites (tertiary alicyclic amines) is 1. The zero-order valence-electron chi connectivity index (χ0n) is 16.7. The van der Waals surface area contributed by atoms with Gasteiger partial charge in [-0.15, -0.1) is 0 Å². The Morgan fingerprint density at radius 2 is 1.70 bits per heavy atom. The van der Waals surface area contributed by atoms with Crippen LogP contribution in [0.15, 0.2) is 42.5 Å². The van der Waals surface area contributed by atoms with Crippen molar-refractivity contribution in [3.05, 3.63) is 48.0 Å². The molecule has 1 N–H and O–H groups in total. The van der Waals surface area contributed by atoms with Gasteiger partial charge in [-0.05, 0) is 87.2 Å². The van der Waals surface area contributed by atoms with Crippen LogP contribution in [0.3, 0.4) is 0 Å². The summed E-state index contributed by atoms with van der Waals surface area (Å²) in [6.45, 7) is 5.96. The van der Waals surface area contributed by atoms with E-state index in [2.05, 4.69) is 43.0 Å². The predicted octanol–water partition coefficient (Wildman–Crippen LogP) is 5.36. The average Bonchev–Trinajstić information content (AvgIpc) is 3.41. The first-order chi connectivity index (χ1) is 13.0. The van der Waals surface area contributed by atoms with Gasteiger partial charge in [-0.1, -0.05) is 24.3 Å². The molecule has 0 spiro atoms. The smallest absolute Gasteiger partial charge is 0.123 e. The molecule has 2 fully saturated rings. The Kier molecular flexibility index (Phi) is 4.90. The molecular weight excluding hydrogens is 334 g/mol. The fraction of sp³-hybridized carbons (Fsp3) is 0.500. The summed E-state index contributed by atoms with van der Waals surface area (Å²) in [6, 6.07) is 15.7. The van der Waals surface area contributed by atoms with Gasteiger partial charge < -0.3 is 9.84 Å². The average molecular weight is 366 g/mol. The van der Waals surface area contributed by atoms with Crippen molar-refractivity contribution in [3.63, 3.8) is 0 Å². The molecule has 0 amide bonds. The maximum atomic E-state index is 10.2. The van der Waals surface area contributed by atoms with Gasteiger partial charge >= 0.3 is 0 Å². The molecule has 0 radical (unpaired) electrons. The Morgan fingerprint density at radius 3 is 2.30 bits per heavy atom. The maximum Gasteiger partial charge on any atom is 0.123 e. The van der Waals surface area contributed by atoms with Crippen LogP contribution in [0.4, 0.5) is 0 Å². The zero-order valence-corrected chi connectivity index (χ0v) is 16.7. The second-order valence-electron chi connectivity index (χ2n) is 8.50. The lowest BCUT2D eigenvalue weighted by molar-refractivity contribution is 0.204. The number of aromatic hydroxyl groups is 1. The highest BCUT2D eigenvalue weighted by Gasteiger charge is 2.44. The van der Waals surface area contributed by atoms with Gasteiger partial charge in [0.25, 0.3) is 0 Å². The summed E-state index contributed by atoms with van der Waals surface area (Å²) < 4.78 is 5.30. The van der Waals surface area contributed by atoms with Crippen LogP contribution in [0.1, 0.15) is 51.5 Å². The van der Waals surface area contributed by atoms with Crippen LogP contribution >= 0.6 is 0 Å². The van der Waals surface area contributed by atoms with Crippen molar-refractivity contribution in [2.45, 2.75) is 63.5 Å². The summed E-state index contributed by atoms with van der Waals surface area (Å²) in [5, 5.41) is 10.2. The number of hydrogen-bond donors (Lipinski definition) is 1. The lowest BCUT2D eigenvalue weighted by Crippen LogP contribution is -2.35. The lowest BCUT2D eigenvalue weighted by atomic mass is 9.90. The highest BCUT2D eigenvalue weighted by Crippen LogP contribution is 2.51. The molecule has 3 heteroatoms. The van der Waals surface area contributed by atoms with Crippen LogP contribution in [-0.2, 0) is 5.41 Å². The molecule has 0 aromatic heterocycles. The Bertz CT molecular complexity index is 785. The normalized spacial score (nSPS) is 24.1. The molecule has 2 aromatic rings. The van der Waals surface area contributed by atoms with Crippen LogP contribution in [0.25, 0.3) is 11.1 Å². The highest BCUT2D eigenvalue weighted by molar-refractivity contribution is 5.72. The van der Waals surface area contributed by atoms with Crippen molar-refractivity contribution < 1.29 is 9.84 Å². The van der Waals surface area contributed by atoms with Gasteiger partial charge in [0, 0.05) is 17.6 Å². The molecule has 1 aliphatic carbocycles. The molecule has 1 heterocycles. The SMILES string of the molecule is COc1ccc(O)c(-c2ccc(C3(CCN4C(C)CCC4C)CC3)cc2)c1. The molecule has 0 bridgehead atoms. The highest BCUT2D eigenvalue weighted by atomic mass is 16.5. The molecule has 3 nitrogen and oxygen atoms in total. The molecule has 1 aliphatic heterocycles. The first-order valence-corrected chi connectivity index (χ1v) is 10.3. The first kappa shape index (κ1) is 18.4. The molecule has 4 rings (SSSR count). The standard InChI is InChI=1S/C24H31NO2/c1-17-4-5-18(2)25(17)15-14-24(12-13-24)20-8-6-19(7-9-20)22-16-21(27-3)10-11-23(22)26/h6-11,16-18,26H,4-5,12-15H2,1-3H3. The fourth-order valence-corrected chi connectivity index (χ4v) is 4.74. The summed E-state index contributed by atoms with van der Waals surface area (Å²) in [5.74, 6) is 1.06. The predicted molar refractivity (Wildman–Crippen MR) is 110 cm³/mol. The third-order valence-electron chi connectivity index (χ3n) is 6.85. The maximum absolute atomic E-state index is 10.2. The minimum atomic E-state index is 0.293. The lowest BCUT2D eigenvalue weighted by Gasteiger charge is -2.28. The van der Waals surface area contributed by atoms with E-state index < -0.39 is 0 Å². The largest absolute Gasteiger partial charge is 0.507 e. The number of ether oxygens (including phenoxy) is 1. The minimum Gasteiger partial charge on any atom is -0.507 e. The molecule has 2 unspecified atom stereocenters. The van der Waals surface area contributed by atoms with Crippen molar-refractivity contribution in [1.82, 2.24) is 4.90 Å². The van der Waals surface area contributed by atoms with E-state index in [0.29, 0.717) is 11.2 Å². The Balaban J connectivity index is 1.49. The third kappa shape index (κ3) is 3.58. The van der Waals surface area contributed by atoms with Gasteiger partial charge in [0.05, 0.1) is 7.11 Å². The van der Waals surface area contributed by atoms with E-state index in [1.54, 1.807) is 19.2 Å². The quantitative estimate of drug-likeness (QED) is 0.748.